The van der Waals surface area contributed by atoms with Crippen LogP contribution in [0.5, 0.6) is 0 Å². The van der Waals surface area contributed by atoms with E-state index in [0.717, 1.165) is 6.07 Å². The van der Waals surface area contributed by atoms with Gasteiger partial charge in [0.05, 0.1) is 17.6 Å². The first-order valence-electron chi connectivity index (χ1n) is 9.09. The van der Waals surface area contributed by atoms with Crippen LogP contribution in [0.2, 0.25) is 0 Å². The molecule has 2 amide bonds. The molecule has 29 heavy (non-hydrogen) atoms. The molecule has 3 heterocycles. The molecular formula is C20H18F2N6O. The Hall–Kier alpha value is -3.62. The van der Waals surface area contributed by atoms with Crippen molar-refractivity contribution in [2.24, 2.45) is 0 Å². The molecule has 148 valence electrons. The van der Waals surface area contributed by atoms with E-state index in [2.05, 4.69) is 20.3 Å². The van der Waals surface area contributed by atoms with Crippen molar-refractivity contribution < 1.29 is 13.6 Å². The highest BCUT2D eigenvalue weighted by molar-refractivity contribution is 5.89. The molecular weight excluding hydrogens is 378 g/mol. The predicted octanol–water partition coefficient (Wildman–Crippen LogP) is 3.17. The molecule has 3 aromatic rings. The summed E-state index contributed by atoms with van der Waals surface area (Å²) >= 11 is 0. The molecule has 0 radical (unpaired) electrons. The predicted molar refractivity (Wildman–Crippen MR) is 104 cm³/mol. The third-order valence-electron chi connectivity index (χ3n) is 4.56. The first-order chi connectivity index (χ1) is 14.1. The van der Waals surface area contributed by atoms with Crippen molar-refractivity contribution in [1.29, 1.82) is 0 Å². The minimum Gasteiger partial charge on any atom is -0.337 e. The molecule has 9 heteroatoms. The molecule has 1 fully saturated rings. The Bertz CT molecular complexity index is 989. The lowest BCUT2D eigenvalue weighted by atomic mass is 10.1. The minimum absolute atomic E-state index is 0.192. The highest BCUT2D eigenvalue weighted by Crippen LogP contribution is 2.22. The second kappa shape index (κ2) is 8.17. The van der Waals surface area contributed by atoms with Gasteiger partial charge in [-0.25, -0.2) is 23.5 Å². The molecule has 0 aliphatic carbocycles. The topological polar surface area (TPSA) is 74.2 Å². The summed E-state index contributed by atoms with van der Waals surface area (Å²) in [5, 5.41) is 2.81. The van der Waals surface area contributed by atoms with Gasteiger partial charge in [0.2, 0.25) is 5.95 Å². The zero-order valence-corrected chi connectivity index (χ0v) is 15.4. The Morgan fingerprint density at radius 1 is 1.00 bits per heavy atom. The standard InChI is InChI=1S/C20H18F2N6O/c21-15-10-14(11-16(22)12-15)18-3-5-24-19(26-18)27-6-8-28(9-7-27)20(29)25-17-2-1-4-23-13-17/h1-5,10-13H,6-9H2,(H,25,29). The summed E-state index contributed by atoms with van der Waals surface area (Å²) in [6, 6.07) is 8.23. The van der Waals surface area contributed by atoms with Gasteiger partial charge in [0, 0.05) is 50.2 Å². The number of halogens is 2. The van der Waals surface area contributed by atoms with Crippen LogP contribution in [0.15, 0.2) is 55.0 Å². The number of pyridine rings is 1. The highest BCUT2D eigenvalue weighted by Gasteiger charge is 2.23. The number of nitrogens with one attached hydrogen (secondary N) is 1. The Kier molecular flexibility index (Phi) is 5.28. The van der Waals surface area contributed by atoms with Crippen LogP contribution < -0.4 is 10.2 Å². The van der Waals surface area contributed by atoms with Crippen molar-refractivity contribution in [3.05, 3.63) is 66.6 Å². The van der Waals surface area contributed by atoms with E-state index in [4.69, 9.17) is 0 Å². The molecule has 1 aromatic carbocycles. The van der Waals surface area contributed by atoms with Crippen LogP contribution in [0, 0.1) is 11.6 Å². The number of urea groups is 1. The number of aromatic nitrogens is 3. The summed E-state index contributed by atoms with van der Waals surface area (Å²) in [6.45, 7) is 2.07. The van der Waals surface area contributed by atoms with Crippen LogP contribution in [0.1, 0.15) is 0 Å². The molecule has 0 bridgehead atoms. The molecule has 1 aliphatic rings. The highest BCUT2D eigenvalue weighted by atomic mass is 19.1. The first kappa shape index (κ1) is 18.7. The van der Waals surface area contributed by atoms with E-state index in [9.17, 15) is 13.6 Å². The summed E-state index contributed by atoms with van der Waals surface area (Å²) in [5.41, 5.74) is 1.42. The number of carbonyl (C=O) groups excluding carboxylic acids is 1. The molecule has 7 nitrogen and oxygen atoms in total. The van der Waals surface area contributed by atoms with E-state index in [-0.39, 0.29) is 6.03 Å². The normalized spacial score (nSPS) is 14.0. The molecule has 0 spiro atoms. The van der Waals surface area contributed by atoms with Gasteiger partial charge in [-0.3, -0.25) is 4.98 Å². The molecule has 1 aliphatic heterocycles. The molecule has 0 atom stereocenters. The molecule has 1 saturated heterocycles. The lowest BCUT2D eigenvalue weighted by Crippen LogP contribution is -2.50. The smallest absolute Gasteiger partial charge is 0.322 e. The molecule has 4 rings (SSSR count). The number of amides is 2. The number of anilines is 2. The van der Waals surface area contributed by atoms with Gasteiger partial charge in [0.25, 0.3) is 0 Å². The van der Waals surface area contributed by atoms with Gasteiger partial charge in [-0.05, 0) is 30.3 Å². The number of rotatable bonds is 3. The van der Waals surface area contributed by atoms with Gasteiger partial charge in [-0.1, -0.05) is 0 Å². The monoisotopic (exact) mass is 396 g/mol. The molecule has 2 aromatic heterocycles. The summed E-state index contributed by atoms with van der Waals surface area (Å²) in [5.74, 6) is -0.860. The van der Waals surface area contributed by atoms with E-state index < -0.39 is 11.6 Å². The fraction of sp³-hybridized carbons (Fsp3) is 0.200. The van der Waals surface area contributed by atoms with E-state index in [1.807, 2.05) is 4.90 Å². The Morgan fingerprint density at radius 2 is 1.76 bits per heavy atom. The Labute approximate surface area is 166 Å². The average molecular weight is 396 g/mol. The van der Waals surface area contributed by atoms with Crippen molar-refractivity contribution in [3.8, 4) is 11.3 Å². The Morgan fingerprint density at radius 3 is 2.45 bits per heavy atom. The number of nitrogens with zero attached hydrogens (tertiary/aromatic N) is 5. The molecule has 0 unspecified atom stereocenters. The van der Waals surface area contributed by atoms with E-state index in [0.29, 0.717) is 49.1 Å². The van der Waals surface area contributed by atoms with Crippen molar-refractivity contribution in [2.45, 2.75) is 0 Å². The maximum absolute atomic E-state index is 13.5. The summed E-state index contributed by atoms with van der Waals surface area (Å²) in [4.78, 5) is 28.7. The molecule has 1 N–H and O–H groups in total. The number of hydrogen-bond donors (Lipinski definition) is 1. The van der Waals surface area contributed by atoms with Crippen LogP contribution in [-0.4, -0.2) is 52.1 Å². The second-order valence-corrected chi connectivity index (χ2v) is 6.55. The third kappa shape index (κ3) is 4.45. The summed E-state index contributed by atoms with van der Waals surface area (Å²) in [7, 11) is 0. The quantitative estimate of drug-likeness (QED) is 0.736. The van der Waals surface area contributed by atoms with Crippen LogP contribution in [-0.2, 0) is 0 Å². The lowest BCUT2D eigenvalue weighted by Gasteiger charge is -2.34. The summed E-state index contributed by atoms with van der Waals surface area (Å²) in [6.07, 6.45) is 4.78. The SMILES string of the molecule is O=C(Nc1cccnc1)N1CCN(c2nccc(-c3cc(F)cc(F)c3)n2)CC1. The van der Waals surface area contributed by atoms with Gasteiger partial charge in [-0.2, -0.15) is 0 Å². The first-order valence-corrected chi connectivity index (χ1v) is 9.09. The van der Waals surface area contributed by atoms with Crippen LogP contribution in [0.25, 0.3) is 11.3 Å². The maximum Gasteiger partial charge on any atom is 0.322 e. The summed E-state index contributed by atoms with van der Waals surface area (Å²) < 4.78 is 27.0. The van der Waals surface area contributed by atoms with Gasteiger partial charge in [0.1, 0.15) is 11.6 Å². The van der Waals surface area contributed by atoms with E-state index in [1.165, 1.54) is 12.1 Å². The zero-order valence-electron chi connectivity index (χ0n) is 15.4. The second-order valence-electron chi connectivity index (χ2n) is 6.55. The van der Waals surface area contributed by atoms with Crippen molar-refractivity contribution in [1.82, 2.24) is 19.9 Å². The van der Waals surface area contributed by atoms with Gasteiger partial charge in [0.15, 0.2) is 0 Å². The maximum atomic E-state index is 13.5. The van der Waals surface area contributed by atoms with Crippen molar-refractivity contribution in [2.75, 3.05) is 36.4 Å². The lowest BCUT2D eigenvalue weighted by molar-refractivity contribution is 0.208. The van der Waals surface area contributed by atoms with Crippen molar-refractivity contribution >= 4 is 17.7 Å². The molecule has 0 saturated carbocycles. The fourth-order valence-corrected chi connectivity index (χ4v) is 3.11. The van der Waals surface area contributed by atoms with Crippen LogP contribution >= 0.6 is 0 Å². The largest absolute Gasteiger partial charge is 0.337 e. The fourth-order valence-electron chi connectivity index (χ4n) is 3.11. The average Bonchev–Trinajstić information content (AvgIpc) is 2.74. The number of benzene rings is 1. The van der Waals surface area contributed by atoms with Crippen LogP contribution in [0.4, 0.5) is 25.2 Å². The van der Waals surface area contributed by atoms with Gasteiger partial charge >= 0.3 is 6.03 Å². The zero-order chi connectivity index (χ0) is 20.2. The minimum atomic E-state index is -0.659. The van der Waals surface area contributed by atoms with Crippen molar-refractivity contribution in [3.63, 3.8) is 0 Å². The van der Waals surface area contributed by atoms with E-state index >= 15 is 0 Å². The Balaban J connectivity index is 1.41. The van der Waals surface area contributed by atoms with Gasteiger partial charge < -0.3 is 15.1 Å². The van der Waals surface area contributed by atoms with Crippen LogP contribution in [0.3, 0.4) is 0 Å². The number of piperazine rings is 1. The van der Waals surface area contributed by atoms with E-state index in [1.54, 1.807) is 41.7 Å². The van der Waals surface area contributed by atoms with Gasteiger partial charge in [-0.15, -0.1) is 0 Å². The number of hydrogen-bond acceptors (Lipinski definition) is 5. The number of carbonyl (C=O) groups is 1. The third-order valence-corrected chi connectivity index (χ3v) is 4.56.